The molecule has 38 heavy (non-hydrogen) atoms. The lowest BCUT2D eigenvalue weighted by Gasteiger charge is -2.19. The Kier molecular flexibility index (Phi) is 7.98. The van der Waals surface area contributed by atoms with Crippen molar-refractivity contribution in [2.24, 2.45) is 0 Å². The summed E-state index contributed by atoms with van der Waals surface area (Å²) in [5.74, 6) is 3.39. The van der Waals surface area contributed by atoms with E-state index in [9.17, 15) is 4.79 Å². The number of carbonyl (C=O) groups excluding carboxylic acids is 1. The Labute approximate surface area is 225 Å². The summed E-state index contributed by atoms with van der Waals surface area (Å²) in [5, 5.41) is 12.2. The topological polar surface area (TPSA) is 96.7 Å². The largest absolute Gasteiger partial charge is 0.494 e. The van der Waals surface area contributed by atoms with Crippen molar-refractivity contribution in [1.29, 1.82) is 0 Å². The molecule has 0 unspecified atom stereocenters. The van der Waals surface area contributed by atoms with Crippen molar-refractivity contribution in [3.05, 3.63) is 78.1 Å². The molecule has 4 aromatic rings. The first-order valence-corrected chi connectivity index (χ1v) is 13.3. The lowest BCUT2D eigenvalue weighted by molar-refractivity contribution is -0.113. The minimum atomic E-state index is -0.176. The van der Waals surface area contributed by atoms with Crippen molar-refractivity contribution < 1.29 is 23.7 Å². The van der Waals surface area contributed by atoms with Crippen molar-refractivity contribution in [2.45, 2.75) is 25.6 Å². The van der Waals surface area contributed by atoms with Gasteiger partial charge in [-0.25, -0.2) is 0 Å². The molecule has 0 aliphatic carbocycles. The fraction of sp³-hybridized carbons (Fsp3) is 0.250. The second-order valence-corrected chi connectivity index (χ2v) is 9.40. The average molecular weight is 533 g/mol. The zero-order valence-corrected chi connectivity index (χ0v) is 22.0. The number of benzene rings is 3. The second-order valence-electron chi connectivity index (χ2n) is 8.46. The third-order valence-corrected chi connectivity index (χ3v) is 6.58. The van der Waals surface area contributed by atoms with E-state index in [-0.39, 0.29) is 18.3 Å². The summed E-state index contributed by atoms with van der Waals surface area (Å²) in [6.07, 6.45) is 0. The van der Waals surface area contributed by atoms with E-state index in [0.717, 1.165) is 22.7 Å². The van der Waals surface area contributed by atoms with E-state index in [1.54, 1.807) is 18.2 Å². The molecule has 0 spiro atoms. The van der Waals surface area contributed by atoms with Gasteiger partial charge in [-0.15, -0.1) is 10.2 Å². The maximum atomic E-state index is 12.8. The van der Waals surface area contributed by atoms with Crippen molar-refractivity contribution in [2.75, 3.05) is 30.9 Å². The third-order valence-electron chi connectivity index (χ3n) is 5.65. The number of ether oxygens (including phenoxy) is 4. The highest BCUT2D eigenvalue weighted by Crippen LogP contribution is 2.33. The first-order valence-electron chi connectivity index (χ1n) is 12.3. The van der Waals surface area contributed by atoms with E-state index < -0.39 is 0 Å². The number of hydrogen-bond donors (Lipinski definition) is 1. The van der Waals surface area contributed by atoms with Crippen molar-refractivity contribution >= 4 is 23.4 Å². The van der Waals surface area contributed by atoms with Crippen LogP contribution in [-0.4, -0.2) is 46.2 Å². The summed E-state index contributed by atoms with van der Waals surface area (Å²) >= 11 is 1.29. The molecule has 1 amide bonds. The van der Waals surface area contributed by atoms with Gasteiger partial charge in [0.1, 0.15) is 31.3 Å². The smallest absolute Gasteiger partial charge is 0.234 e. The van der Waals surface area contributed by atoms with Crippen LogP contribution in [0.3, 0.4) is 0 Å². The van der Waals surface area contributed by atoms with Crippen LogP contribution in [0.4, 0.5) is 5.69 Å². The van der Waals surface area contributed by atoms with Gasteiger partial charge in [-0.1, -0.05) is 29.5 Å². The maximum Gasteiger partial charge on any atom is 0.234 e. The molecule has 1 N–H and O–H groups in total. The first-order chi connectivity index (χ1) is 18.6. The van der Waals surface area contributed by atoms with Crippen LogP contribution in [0.5, 0.6) is 23.0 Å². The number of anilines is 1. The lowest BCUT2D eigenvalue weighted by Crippen LogP contribution is -2.17. The van der Waals surface area contributed by atoms with Crippen LogP contribution in [0.1, 0.15) is 18.3 Å². The fourth-order valence-corrected chi connectivity index (χ4v) is 4.61. The van der Waals surface area contributed by atoms with Gasteiger partial charge in [0, 0.05) is 17.4 Å². The second kappa shape index (κ2) is 11.9. The molecule has 1 aliphatic rings. The summed E-state index contributed by atoms with van der Waals surface area (Å²) < 4.78 is 24.6. The number of hydrogen-bond acceptors (Lipinski definition) is 8. The standard InChI is InChI=1S/C28H28N4O5S/c1-3-34-22-11-7-21(8-12-22)32-26(17-37-23-9-4-19(2)5-10-23)30-31-28(32)38-18-27(33)29-20-6-13-24-25(16-20)36-15-14-35-24/h4-13,16H,3,14-15,17-18H2,1-2H3,(H,29,33). The van der Waals surface area contributed by atoms with Gasteiger partial charge >= 0.3 is 0 Å². The fourth-order valence-electron chi connectivity index (χ4n) is 3.84. The average Bonchev–Trinajstić information content (AvgIpc) is 3.35. The zero-order chi connectivity index (χ0) is 26.3. The molecule has 0 bridgehead atoms. The minimum Gasteiger partial charge on any atom is -0.494 e. The SMILES string of the molecule is CCOc1ccc(-n2c(COc3ccc(C)cc3)nnc2SCC(=O)Nc2ccc3c(c2)OCCO3)cc1. The summed E-state index contributed by atoms with van der Waals surface area (Å²) in [6.45, 7) is 5.77. The Morgan fingerprint density at radius 3 is 2.42 bits per heavy atom. The van der Waals surface area contributed by atoms with Crippen LogP contribution in [0.2, 0.25) is 0 Å². The lowest BCUT2D eigenvalue weighted by atomic mass is 10.2. The summed E-state index contributed by atoms with van der Waals surface area (Å²) in [4.78, 5) is 12.8. The Bertz CT molecular complexity index is 1390. The molecule has 0 atom stereocenters. The highest BCUT2D eigenvalue weighted by Gasteiger charge is 2.18. The van der Waals surface area contributed by atoms with Gasteiger partial charge in [0.15, 0.2) is 22.5 Å². The predicted molar refractivity (Wildman–Crippen MR) is 145 cm³/mol. The molecule has 9 nitrogen and oxygen atoms in total. The molecule has 0 saturated carbocycles. The molecule has 1 aromatic heterocycles. The van der Waals surface area contributed by atoms with Gasteiger partial charge in [0.25, 0.3) is 0 Å². The summed E-state index contributed by atoms with van der Waals surface area (Å²) in [6, 6.07) is 20.8. The number of rotatable bonds is 10. The number of aryl methyl sites for hydroxylation is 1. The summed E-state index contributed by atoms with van der Waals surface area (Å²) in [5.41, 5.74) is 2.64. The van der Waals surface area contributed by atoms with Gasteiger partial charge in [0.05, 0.1) is 12.4 Å². The molecule has 0 fully saturated rings. The van der Waals surface area contributed by atoms with Crippen LogP contribution < -0.4 is 24.3 Å². The Balaban J connectivity index is 1.31. The van der Waals surface area contributed by atoms with E-state index in [0.29, 0.717) is 48.0 Å². The van der Waals surface area contributed by atoms with Gasteiger partial charge in [-0.3, -0.25) is 9.36 Å². The number of nitrogens with zero attached hydrogens (tertiary/aromatic N) is 3. The maximum absolute atomic E-state index is 12.8. The van der Waals surface area contributed by atoms with Gasteiger partial charge in [-0.2, -0.15) is 0 Å². The molecule has 0 saturated heterocycles. The molecule has 3 aromatic carbocycles. The Morgan fingerprint density at radius 2 is 1.66 bits per heavy atom. The van der Waals surface area contributed by atoms with Gasteiger partial charge in [0.2, 0.25) is 5.91 Å². The minimum absolute atomic E-state index is 0.141. The quantitative estimate of drug-likeness (QED) is 0.283. The molecular weight excluding hydrogens is 504 g/mol. The molecule has 2 heterocycles. The number of carbonyl (C=O) groups is 1. The van der Waals surface area contributed by atoms with E-state index >= 15 is 0 Å². The van der Waals surface area contributed by atoms with Crippen LogP contribution >= 0.6 is 11.8 Å². The third kappa shape index (κ3) is 6.20. The molecule has 1 aliphatic heterocycles. The number of fused-ring (bicyclic) bond motifs is 1. The first kappa shape index (κ1) is 25.5. The number of nitrogens with one attached hydrogen (secondary N) is 1. The molecule has 196 valence electrons. The van der Waals surface area contributed by atoms with E-state index in [2.05, 4.69) is 15.5 Å². The van der Waals surface area contributed by atoms with Gasteiger partial charge < -0.3 is 24.3 Å². The highest BCUT2D eigenvalue weighted by atomic mass is 32.2. The zero-order valence-electron chi connectivity index (χ0n) is 21.2. The molecule has 5 rings (SSSR count). The van der Waals surface area contributed by atoms with E-state index in [4.69, 9.17) is 18.9 Å². The van der Waals surface area contributed by atoms with Crippen LogP contribution in [0, 0.1) is 6.92 Å². The molecular formula is C28H28N4O5S. The Hall–Kier alpha value is -4.18. The van der Waals surface area contributed by atoms with Crippen molar-refractivity contribution in [1.82, 2.24) is 14.8 Å². The highest BCUT2D eigenvalue weighted by molar-refractivity contribution is 7.99. The van der Waals surface area contributed by atoms with Crippen LogP contribution in [0.15, 0.2) is 71.9 Å². The predicted octanol–water partition coefficient (Wildman–Crippen LogP) is 5.06. The summed E-state index contributed by atoms with van der Waals surface area (Å²) in [7, 11) is 0. The molecule has 0 radical (unpaired) electrons. The Morgan fingerprint density at radius 1 is 0.947 bits per heavy atom. The van der Waals surface area contributed by atoms with Crippen molar-refractivity contribution in [3.63, 3.8) is 0 Å². The molecule has 10 heteroatoms. The van der Waals surface area contributed by atoms with Crippen molar-refractivity contribution in [3.8, 4) is 28.7 Å². The van der Waals surface area contributed by atoms with E-state index in [1.165, 1.54) is 11.8 Å². The van der Waals surface area contributed by atoms with Crippen LogP contribution in [0.25, 0.3) is 5.69 Å². The number of thioether (sulfide) groups is 1. The van der Waals surface area contributed by atoms with Gasteiger partial charge in [-0.05, 0) is 62.4 Å². The number of amides is 1. The van der Waals surface area contributed by atoms with E-state index in [1.807, 2.05) is 66.9 Å². The monoisotopic (exact) mass is 532 g/mol. The van der Waals surface area contributed by atoms with Crippen LogP contribution in [-0.2, 0) is 11.4 Å². The normalized spacial score (nSPS) is 12.2. The number of aromatic nitrogens is 3.